The third kappa shape index (κ3) is 9.08. The monoisotopic (exact) mass is 456 g/mol. The van der Waals surface area contributed by atoms with Gasteiger partial charge in [0.15, 0.2) is 0 Å². The largest absolute Gasteiger partial charge is 0.508 e. The number of sulfonamides is 1. The van der Waals surface area contributed by atoms with Crippen molar-refractivity contribution < 1.29 is 23.0 Å². The molecule has 0 saturated carbocycles. The molecule has 0 spiro atoms. The second-order valence-electron chi connectivity index (χ2n) is 6.55. The van der Waals surface area contributed by atoms with Gasteiger partial charge in [-0.3, -0.25) is 4.72 Å². The van der Waals surface area contributed by atoms with E-state index >= 15 is 0 Å². The van der Waals surface area contributed by atoms with Crippen molar-refractivity contribution in [1.82, 2.24) is 15.4 Å². The highest BCUT2D eigenvalue weighted by Gasteiger charge is 2.10. The molecule has 1 atom stereocenters. The van der Waals surface area contributed by atoms with Gasteiger partial charge in [-0.05, 0) is 36.9 Å². The summed E-state index contributed by atoms with van der Waals surface area (Å²) in [5.41, 5.74) is 0.571. The molecular weight excluding hydrogens is 428 g/mol. The van der Waals surface area contributed by atoms with Crippen LogP contribution in [-0.4, -0.2) is 56.7 Å². The number of furan rings is 1. The van der Waals surface area contributed by atoms with Crippen LogP contribution in [0.25, 0.3) is 0 Å². The van der Waals surface area contributed by atoms with E-state index in [9.17, 15) is 18.6 Å². The second-order valence-corrected chi connectivity index (χ2v) is 9.40. The molecule has 0 bridgehead atoms. The average molecular weight is 457 g/mol. The minimum Gasteiger partial charge on any atom is -0.508 e. The van der Waals surface area contributed by atoms with Crippen molar-refractivity contribution in [1.29, 1.82) is 0 Å². The Balaban J connectivity index is 1.83. The van der Waals surface area contributed by atoms with Crippen molar-refractivity contribution in [3.8, 4) is 5.75 Å². The van der Waals surface area contributed by atoms with Gasteiger partial charge in [0.05, 0.1) is 31.2 Å². The quantitative estimate of drug-likeness (QED) is 0.193. The zero-order chi connectivity index (χ0) is 22.0. The molecule has 1 heterocycles. The van der Waals surface area contributed by atoms with Crippen molar-refractivity contribution in [3.63, 3.8) is 0 Å². The predicted molar refractivity (Wildman–Crippen MR) is 119 cm³/mol. The molecule has 0 aliphatic carbocycles. The fraction of sp³-hybridized carbons (Fsp3) is 0.421. The van der Waals surface area contributed by atoms with Crippen LogP contribution in [0.1, 0.15) is 23.2 Å². The highest BCUT2D eigenvalue weighted by atomic mass is 32.2. The maximum absolute atomic E-state index is 11.6. The van der Waals surface area contributed by atoms with Crippen molar-refractivity contribution in [2.24, 2.45) is 4.99 Å². The number of guanidine groups is 1. The first-order valence-corrected chi connectivity index (χ1v) is 12.3. The molecular formula is C19H28N4O5S2. The molecule has 0 aliphatic heterocycles. The summed E-state index contributed by atoms with van der Waals surface area (Å²) < 4.78 is 31.1. The standard InChI is InChI=1S/C19H28N4O5S2/c1-20-11-16-7-8-17(28-16)13-29-10-9-21-19(23-30(2,26)27)22-12-18(25)14-3-5-15(24)6-4-14/h3-8,18,20,24-25H,9-13H2,1-2H3,(H2,21,22,23)/t18-/m1/s1. The van der Waals surface area contributed by atoms with Gasteiger partial charge in [0.1, 0.15) is 17.3 Å². The number of aliphatic hydroxyl groups excluding tert-OH is 1. The number of nitrogens with zero attached hydrogens (tertiary/aromatic N) is 1. The average Bonchev–Trinajstić information content (AvgIpc) is 3.12. The Hall–Kier alpha value is -2.21. The van der Waals surface area contributed by atoms with E-state index < -0.39 is 16.1 Å². The lowest BCUT2D eigenvalue weighted by atomic mass is 10.1. The van der Waals surface area contributed by atoms with Crippen molar-refractivity contribution in [3.05, 3.63) is 53.5 Å². The van der Waals surface area contributed by atoms with Crippen LogP contribution in [0.2, 0.25) is 0 Å². The van der Waals surface area contributed by atoms with Gasteiger partial charge in [0.2, 0.25) is 16.0 Å². The Morgan fingerprint density at radius 2 is 1.90 bits per heavy atom. The van der Waals surface area contributed by atoms with E-state index in [-0.39, 0.29) is 18.3 Å². The van der Waals surface area contributed by atoms with E-state index in [1.807, 2.05) is 19.2 Å². The number of thioether (sulfide) groups is 1. The first-order valence-electron chi connectivity index (χ1n) is 9.30. The van der Waals surface area contributed by atoms with E-state index in [1.54, 1.807) is 23.9 Å². The van der Waals surface area contributed by atoms with E-state index in [4.69, 9.17) is 4.42 Å². The van der Waals surface area contributed by atoms with Gasteiger partial charge in [0.25, 0.3) is 0 Å². The number of aliphatic imine (C=N–C) groups is 1. The Morgan fingerprint density at radius 3 is 2.57 bits per heavy atom. The van der Waals surface area contributed by atoms with Crippen LogP contribution in [0.4, 0.5) is 0 Å². The summed E-state index contributed by atoms with van der Waals surface area (Å²) in [6.45, 7) is 1.12. The first-order chi connectivity index (χ1) is 14.3. The lowest BCUT2D eigenvalue weighted by Crippen LogP contribution is -2.41. The maximum atomic E-state index is 11.6. The second kappa shape index (κ2) is 11.8. The lowest BCUT2D eigenvalue weighted by Gasteiger charge is -2.13. The summed E-state index contributed by atoms with van der Waals surface area (Å²) in [5.74, 6) is 3.34. The lowest BCUT2D eigenvalue weighted by molar-refractivity contribution is 0.187. The summed E-state index contributed by atoms with van der Waals surface area (Å²) in [5, 5.41) is 25.5. The Morgan fingerprint density at radius 1 is 1.20 bits per heavy atom. The number of benzene rings is 1. The Kier molecular flexibility index (Phi) is 9.50. The van der Waals surface area contributed by atoms with Gasteiger partial charge in [-0.2, -0.15) is 11.8 Å². The molecule has 5 N–H and O–H groups in total. The predicted octanol–water partition coefficient (Wildman–Crippen LogP) is 1.17. The molecule has 0 aliphatic rings. The topological polar surface area (TPSA) is 136 Å². The van der Waals surface area contributed by atoms with Gasteiger partial charge < -0.3 is 25.3 Å². The van der Waals surface area contributed by atoms with Gasteiger partial charge in [0, 0.05) is 12.3 Å². The van der Waals surface area contributed by atoms with Gasteiger partial charge in [-0.1, -0.05) is 12.1 Å². The molecule has 2 aromatic rings. The van der Waals surface area contributed by atoms with Crippen molar-refractivity contribution in [2.45, 2.75) is 18.4 Å². The molecule has 0 unspecified atom stereocenters. The molecule has 30 heavy (non-hydrogen) atoms. The Bertz CT molecular complexity index is 913. The molecule has 0 saturated heterocycles. The first kappa shape index (κ1) is 24.1. The number of phenols is 1. The highest BCUT2D eigenvalue weighted by Crippen LogP contribution is 2.17. The summed E-state index contributed by atoms with van der Waals surface area (Å²) >= 11 is 1.64. The zero-order valence-electron chi connectivity index (χ0n) is 17.0. The third-order valence-corrected chi connectivity index (χ3v) is 5.38. The normalized spacial score (nSPS) is 13.2. The maximum Gasteiger partial charge on any atom is 0.232 e. The molecule has 11 heteroatoms. The van der Waals surface area contributed by atoms with Crippen LogP contribution in [-0.2, 0) is 22.3 Å². The van der Waals surface area contributed by atoms with E-state index in [2.05, 4.69) is 20.3 Å². The number of hydrogen-bond donors (Lipinski definition) is 5. The zero-order valence-corrected chi connectivity index (χ0v) is 18.6. The molecule has 166 valence electrons. The Labute approximate surface area is 181 Å². The minimum absolute atomic E-state index is 0.0383. The molecule has 1 aromatic carbocycles. The number of aliphatic hydroxyl groups is 1. The molecule has 0 fully saturated rings. The summed E-state index contributed by atoms with van der Waals surface area (Å²) in [7, 11) is -1.66. The van der Waals surface area contributed by atoms with Crippen LogP contribution in [0, 0.1) is 0 Å². The fourth-order valence-electron chi connectivity index (χ4n) is 2.46. The van der Waals surface area contributed by atoms with Crippen LogP contribution in [0.3, 0.4) is 0 Å². The number of nitrogens with one attached hydrogen (secondary N) is 3. The third-order valence-electron chi connectivity index (χ3n) is 3.83. The highest BCUT2D eigenvalue weighted by molar-refractivity contribution is 7.98. The SMILES string of the molecule is CNCc1ccc(CSCCNC(=NC[C@@H](O)c2ccc(O)cc2)NS(C)(=O)=O)o1. The van der Waals surface area contributed by atoms with Gasteiger partial charge in [-0.25, -0.2) is 13.4 Å². The number of aromatic hydroxyl groups is 1. The van der Waals surface area contributed by atoms with E-state index in [0.717, 1.165) is 17.8 Å². The van der Waals surface area contributed by atoms with Crippen LogP contribution >= 0.6 is 11.8 Å². The van der Waals surface area contributed by atoms with Crippen LogP contribution < -0.4 is 15.4 Å². The number of hydrogen-bond acceptors (Lipinski definition) is 8. The molecule has 1 aromatic heterocycles. The number of phenolic OH excluding ortho intramolecular Hbond substituents is 1. The number of rotatable bonds is 11. The minimum atomic E-state index is -3.52. The van der Waals surface area contributed by atoms with E-state index in [0.29, 0.717) is 30.2 Å². The van der Waals surface area contributed by atoms with Crippen molar-refractivity contribution >= 4 is 27.7 Å². The molecule has 2 rings (SSSR count). The van der Waals surface area contributed by atoms with Crippen LogP contribution in [0.15, 0.2) is 45.8 Å². The molecule has 0 amide bonds. The van der Waals surface area contributed by atoms with Crippen molar-refractivity contribution in [2.75, 3.05) is 32.1 Å². The smallest absolute Gasteiger partial charge is 0.232 e. The van der Waals surface area contributed by atoms with E-state index in [1.165, 1.54) is 12.1 Å². The molecule has 0 radical (unpaired) electrons. The fourth-order valence-corrected chi connectivity index (χ4v) is 3.70. The molecule has 9 nitrogen and oxygen atoms in total. The van der Waals surface area contributed by atoms with Gasteiger partial charge >= 0.3 is 0 Å². The van der Waals surface area contributed by atoms with Crippen LogP contribution in [0.5, 0.6) is 5.75 Å². The summed E-state index contributed by atoms with van der Waals surface area (Å²) in [6.07, 6.45) is 0.110. The van der Waals surface area contributed by atoms with Gasteiger partial charge in [-0.15, -0.1) is 0 Å². The summed E-state index contributed by atoms with van der Waals surface area (Å²) in [6, 6.07) is 9.97. The summed E-state index contributed by atoms with van der Waals surface area (Å²) in [4.78, 5) is 4.16.